The van der Waals surface area contributed by atoms with E-state index in [0.29, 0.717) is 10.6 Å². The van der Waals surface area contributed by atoms with E-state index in [1.165, 1.54) is 30.3 Å². The van der Waals surface area contributed by atoms with Crippen LogP contribution in [0.2, 0.25) is 10.0 Å². The summed E-state index contributed by atoms with van der Waals surface area (Å²) in [6.07, 6.45) is 1.42. The highest BCUT2D eigenvalue weighted by molar-refractivity contribution is 7.92. The molecule has 3 aromatic rings. The third kappa shape index (κ3) is 5.86. The first kappa shape index (κ1) is 22.4. The van der Waals surface area contributed by atoms with E-state index in [1.54, 1.807) is 42.5 Å². The number of carbonyl (C=O) groups is 1. The molecule has 3 aromatic carbocycles. The van der Waals surface area contributed by atoms with Crippen LogP contribution in [-0.2, 0) is 14.8 Å². The van der Waals surface area contributed by atoms with E-state index in [1.807, 2.05) is 12.1 Å². The van der Waals surface area contributed by atoms with Crippen LogP contribution in [0.5, 0.6) is 0 Å². The minimum Gasteiger partial charge on any atom is -0.320 e. The maximum absolute atomic E-state index is 12.7. The largest absolute Gasteiger partial charge is 0.320 e. The van der Waals surface area contributed by atoms with Gasteiger partial charge in [0, 0.05) is 5.02 Å². The number of nitriles is 1. The molecule has 0 radical (unpaired) electrons. The van der Waals surface area contributed by atoms with Crippen LogP contribution in [0.1, 0.15) is 5.56 Å². The lowest BCUT2D eigenvalue weighted by atomic mass is 10.1. The molecule has 3 rings (SSSR count). The van der Waals surface area contributed by atoms with E-state index >= 15 is 0 Å². The molecule has 1 amide bonds. The van der Waals surface area contributed by atoms with Crippen molar-refractivity contribution in [2.24, 2.45) is 0 Å². The topological polar surface area (TPSA) is 99.1 Å². The summed E-state index contributed by atoms with van der Waals surface area (Å²) in [4.78, 5) is 12.4. The molecule has 156 valence electrons. The number of benzene rings is 3. The molecule has 0 fully saturated rings. The molecule has 9 heteroatoms. The number of halogens is 2. The van der Waals surface area contributed by atoms with Gasteiger partial charge in [-0.15, -0.1) is 0 Å². The lowest BCUT2D eigenvalue weighted by molar-refractivity contribution is -0.112. The summed E-state index contributed by atoms with van der Waals surface area (Å²) >= 11 is 12.0. The van der Waals surface area contributed by atoms with Crippen molar-refractivity contribution in [3.63, 3.8) is 0 Å². The summed E-state index contributed by atoms with van der Waals surface area (Å²) in [5.74, 6) is -0.717. The molecule has 0 aliphatic rings. The van der Waals surface area contributed by atoms with E-state index in [9.17, 15) is 18.5 Å². The van der Waals surface area contributed by atoms with Gasteiger partial charge in [-0.25, -0.2) is 8.42 Å². The number of nitrogens with zero attached hydrogens (tertiary/aromatic N) is 1. The predicted molar refractivity (Wildman–Crippen MR) is 122 cm³/mol. The van der Waals surface area contributed by atoms with Gasteiger partial charge in [0.1, 0.15) is 11.6 Å². The SMILES string of the molecule is N#C/C(=C/c1ccccc1)C(=O)Nc1cc(S(=O)(=O)Nc2cccc(Cl)c2)ccc1Cl. The molecule has 0 aliphatic heterocycles. The fourth-order valence-electron chi connectivity index (χ4n) is 2.59. The Morgan fingerprint density at radius 2 is 1.71 bits per heavy atom. The van der Waals surface area contributed by atoms with Crippen molar-refractivity contribution in [3.05, 3.63) is 94.0 Å². The van der Waals surface area contributed by atoms with E-state index in [0.717, 1.165) is 0 Å². The van der Waals surface area contributed by atoms with Gasteiger partial charge < -0.3 is 5.32 Å². The summed E-state index contributed by atoms with van der Waals surface area (Å²) in [6, 6.07) is 20.8. The number of amides is 1. The van der Waals surface area contributed by atoms with Gasteiger partial charge in [0.15, 0.2) is 0 Å². The van der Waals surface area contributed by atoms with E-state index in [-0.39, 0.29) is 26.9 Å². The zero-order valence-electron chi connectivity index (χ0n) is 15.8. The molecule has 6 nitrogen and oxygen atoms in total. The van der Waals surface area contributed by atoms with Crippen LogP contribution < -0.4 is 10.0 Å². The average Bonchev–Trinajstić information content (AvgIpc) is 2.73. The first-order valence-corrected chi connectivity index (χ1v) is 11.1. The van der Waals surface area contributed by atoms with Crippen LogP contribution in [0.15, 0.2) is 83.3 Å². The van der Waals surface area contributed by atoms with Gasteiger partial charge in [0.2, 0.25) is 0 Å². The summed E-state index contributed by atoms with van der Waals surface area (Å²) in [5.41, 5.74) is 0.843. The van der Waals surface area contributed by atoms with E-state index < -0.39 is 15.9 Å². The number of carbonyl (C=O) groups excluding carboxylic acids is 1. The maximum atomic E-state index is 12.7. The minimum atomic E-state index is -3.98. The standard InChI is InChI=1S/C22H15Cl2N3O3S/c23-17-7-4-8-18(12-17)27-31(29,30)19-9-10-20(24)21(13-19)26-22(28)16(14-25)11-15-5-2-1-3-6-15/h1-13,27H,(H,26,28)/b16-11-. The summed E-state index contributed by atoms with van der Waals surface area (Å²) < 4.78 is 27.8. The molecular formula is C22H15Cl2N3O3S. The second kappa shape index (κ2) is 9.67. The number of hydrogen-bond acceptors (Lipinski definition) is 4. The fraction of sp³-hybridized carbons (Fsp3) is 0. The molecule has 2 N–H and O–H groups in total. The Balaban J connectivity index is 1.86. The average molecular weight is 472 g/mol. The van der Waals surface area contributed by atoms with Crippen molar-refractivity contribution in [2.75, 3.05) is 10.0 Å². The Morgan fingerprint density at radius 3 is 2.39 bits per heavy atom. The molecular weight excluding hydrogens is 457 g/mol. The first-order valence-electron chi connectivity index (χ1n) is 8.84. The number of rotatable bonds is 6. The Morgan fingerprint density at radius 1 is 0.968 bits per heavy atom. The third-order valence-corrected chi connectivity index (χ3v) is 5.99. The van der Waals surface area contributed by atoms with Crippen LogP contribution in [0, 0.1) is 11.3 Å². The quantitative estimate of drug-likeness (QED) is 0.374. The molecule has 0 unspecified atom stereocenters. The molecule has 0 aliphatic carbocycles. The van der Waals surface area contributed by atoms with Gasteiger partial charge in [-0.3, -0.25) is 9.52 Å². The van der Waals surface area contributed by atoms with Gasteiger partial charge >= 0.3 is 0 Å². The highest BCUT2D eigenvalue weighted by Gasteiger charge is 2.18. The number of sulfonamides is 1. The van der Waals surface area contributed by atoms with Crippen LogP contribution in [-0.4, -0.2) is 14.3 Å². The number of anilines is 2. The summed E-state index contributed by atoms with van der Waals surface area (Å²) in [5, 5.41) is 12.3. The first-order chi connectivity index (χ1) is 14.8. The van der Waals surface area contributed by atoms with Gasteiger partial charge in [-0.1, -0.05) is 59.6 Å². The van der Waals surface area contributed by atoms with Gasteiger partial charge in [-0.05, 0) is 48.0 Å². The normalized spacial score (nSPS) is 11.5. The Bertz CT molecular complexity index is 1300. The second-order valence-electron chi connectivity index (χ2n) is 6.29. The number of hydrogen-bond donors (Lipinski definition) is 2. The van der Waals surface area contributed by atoms with Gasteiger partial charge in [0.25, 0.3) is 15.9 Å². The zero-order valence-corrected chi connectivity index (χ0v) is 18.2. The summed E-state index contributed by atoms with van der Waals surface area (Å²) in [7, 11) is -3.98. The van der Waals surface area contributed by atoms with Crippen LogP contribution in [0.25, 0.3) is 6.08 Å². The lowest BCUT2D eigenvalue weighted by Crippen LogP contribution is -2.16. The van der Waals surface area contributed by atoms with Crippen molar-refractivity contribution in [1.82, 2.24) is 0 Å². The Kier molecular flexibility index (Phi) is 6.98. The third-order valence-electron chi connectivity index (χ3n) is 4.05. The smallest absolute Gasteiger partial charge is 0.266 e. The van der Waals surface area contributed by atoms with Crippen LogP contribution >= 0.6 is 23.2 Å². The van der Waals surface area contributed by atoms with Gasteiger partial charge in [-0.2, -0.15) is 5.26 Å². The molecule has 0 saturated heterocycles. The van der Waals surface area contributed by atoms with Crippen molar-refractivity contribution < 1.29 is 13.2 Å². The van der Waals surface area contributed by atoms with E-state index in [4.69, 9.17) is 23.2 Å². The lowest BCUT2D eigenvalue weighted by Gasteiger charge is -2.12. The zero-order chi connectivity index (χ0) is 22.4. The number of nitrogens with one attached hydrogen (secondary N) is 2. The van der Waals surface area contributed by atoms with Crippen molar-refractivity contribution in [1.29, 1.82) is 5.26 Å². The summed E-state index contributed by atoms with van der Waals surface area (Å²) in [6.45, 7) is 0. The Hall–Kier alpha value is -3.31. The molecule has 0 heterocycles. The van der Waals surface area contributed by atoms with Crippen molar-refractivity contribution in [3.8, 4) is 6.07 Å². The van der Waals surface area contributed by atoms with Crippen LogP contribution in [0.3, 0.4) is 0 Å². The van der Waals surface area contributed by atoms with Crippen molar-refractivity contribution >= 4 is 56.6 Å². The van der Waals surface area contributed by atoms with Gasteiger partial charge in [0.05, 0.1) is 21.3 Å². The highest BCUT2D eigenvalue weighted by Crippen LogP contribution is 2.27. The van der Waals surface area contributed by atoms with Crippen LogP contribution in [0.4, 0.5) is 11.4 Å². The molecule has 0 atom stereocenters. The highest BCUT2D eigenvalue weighted by atomic mass is 35.5. The molecule has 0 aromatic heterocycles. The molecule has 0 spiro atoms. The van der Waals surface area contributed by atoms with Crippen molar-refractivity contribution in [2.45, 2.75) is 4.90 Å². The second-order valence-corrected chi connectivity index (χ2v) is 8.82. The Labute approximate surface area is 189 Å². The fourth-order valence-corrected chi connectivity index (χ4v) is 4.02. The maximum Gasteiger partial charge on any atom is 0.266 e. The monoisotopic (exact) mass is 471 g/mol. The molecule has 31 heavy (non-hydrogen) atoms. The van der Waals surface area contributed by atoms with E-state index in [2.05, 4.69) is 10.0 Å². The predicted octanol–water partition coefficient (Wildman–Crippen LogP) is 5.34. The molecule has 0 saturated carbocycles. The molecule has 0 bridgehead atoms. The minimum absolute atomic E-state index is 0.0508.